The van der Waals surface area contributed by atoms with Gasteiger partial charge in [0.2, 0.25) is 5.91 Å². The molecule has 4 nitrogen and oxygen atoms in total. The van der Waals surface area contributed by atoms with Crippen LogP contribution in [-0.2, 0) is 10.5 Å². The van der Waals surface area contributed by atoms with Crippen LogP contribution < -0.4 is 10.2 Å². The van der Waals surface area contributed by atoms with Crippen LogP contribution in [0.1, 0.15) is 11.1 Å². The van der Waals surface area contributed by atoms with Crippen molar-refractivity contribution in [1.29, 1.82) is 0 Å². The molecule has 0 aromatic heterocycles. The number of hydrogen-bond acceptors (Lipinski definition) is 4. The summed E-state index contributed by atoms with van der Waals surface area (Å²) in [7, 11) is 1.63. The number of carbonyl (C=O) groups is 1. The molecule has 1 N–H and O–H groups in total. The highest BCUT2D eigenvalue weighted by molar-refractivity contribution is 7.99. The number of nitrogens with zero attached hydrogens (tertiary/aromatic N) is 1. The number of hydrogen-bond donors (Lipinski definition) is 1. The summed E-state index contributed by atoms with van der Waals surface area (Å²) >= 11 is 13.3. The zero-order valence-corrected chi connectivity index (χ0v) is 15.3. The monoisotopic (exact) mass is 382 g/mol. The number of nitrogens with one attached hydrogen (secondary N) is 1. The maximum atomic E-state index is 11.7. The summed E-state index contributed by atoms with van der Waals surface area (Å²) in [5.41, 5.74) is 4.38. The highest BCUT2D eigenvalue weighted by Gasteiger charge is 2.02. The Balaban J connectivity index is 1.72. The van der Waals surface area contributed by atoms with E-state index in [0.29, 0.717) is 15.8 Å². The third-order valence-electron chi connectivity index (χ3n) is 3.01. The van der Waals surface area contributed by atoms with Gasteiger partial charge in [-0.1, -0.05) is 41.4 Å². The minimum atomic E-state index is -0.162. The number of thioether (sulfide) groups is 1. The van der Waals surface area contributed by atoms with Gasteiger partial charge in [0, 0.05) is 5.75 Å². The highest BCUT2D eigenvalue weighted by Crippen LogP contribution is 2.21. The summed E-state index contributed by atoms with van der Waals surface area (Å²) in [5.74, 6) is 1.72. The maximum absolute atomic E-state index is 11.7. The predicted molar refractivity (Wildman–Crippen MR) is 101 cm³/mol. The summed E-state index contributed by atoms with van der Waals surface area (Å²) in [4.78, 5) is 11.7. The van der Waals surface area contributed by atoms with Crippen molar-refractivity contribution in [3.63, 3.8) is 0 Å². The van der Waals surface area contributed by atoms with Crippen LogP contribution in [0.2, 0.25) is 10.0 Å². The smallest absolute Gasteiger partial charge is 0.250 e. The second kappa shape index (κ2) is 9.57. The Labute approximate surface area is 155 Å². The molecule has 0 saturated heterocycles. The number of amides is 1. The third kappa shape index (κ3) is 6.07. The van der Waals surface area contributed by atoms with Gasteiger partial charge in [0.05, 0.1) is 29.1 Å². The minimum Gasteiger partial charge on any atom is -0.497 e. The molecule has 0 saturated carbocycles. The van der Waals surface area contributed by atoms with Gasteiger partial charge in [0.25, 0.3) is 0 Å². The second-order valence-electron chi connectivity index (χ2n) is 4.81. The summed E-state index contributed by atoms with van der Waals surface area (Å²) in [5, 5.41) is 4.83. The SMILES string of the molecule is COc1ccc(CSCC(=O)N/N=C\c2ccc(Cl)c(Cl)c2)cc1. The Morgan fingerprint density at radius 2 is 1.96 bits per heavy atom. The number of halogens is 2. The van der Waals surface area contributed by atoms with Crippen molar-refractivity contribution < 1.29 is 9.53 Å². The molecule has 1 amide bonds. The Morgan fingerprint density at radius 1 is 1.21 bits per heavy atom. The van der Waals surface area contributed by atoms with Gasteiger partial charge >= 0.3 is 0 Å². The number of rotatable bonds is 7. The summed E-state index contributed by atoms with van der Waals surface area (Å²) in [6.07, 6.45) is 1.52. The van der Waals surface area contributed by atoms with Crippen molar-refractivity contribution >= 4 is 47.1 Å². The standard InChI is InChI=1S/C17H16Cl2N2O2S/c1-23-14-5-2-12(3-6-14)10-24-11-17(22)21-20-9-13-4-7-15(18)16(19)8-13/h2-9H,10-11H2,1H3,(H,21,22)/b20-9-. The van der Waals surface area contributed by atoms with Gasteiger partial charge < -0.3 is 4.74 Å². The second-order valence-corrected chi connectivity index (χ2v) is 6.61. The van der Waals surface area contributed by atoms with E-state index in [0.717, 1.165) is 22.6 Å². The molecular formula is C17H16Cl2N2O2S. The molecule has 2 aromatic carbocycles. The fourth-order valence-electron chi connectivity index (χ4n) is 1.79. The van der Waals surface area contributed by atoms with E-state index in [1.807, 2.05) is 24.3 Å². The van der Waals surface area contributed by atoms with Gasteiger partial charge in [-0.3, -0.25) is 4.79 Å². The molecule has 0 aliphatic carbocycles. The minimum absolute atomic E-state index is 0.162. The van der Waals surface area contributed by atoms with Crippen molar-refractivity contribution in [3.8, 4) is 5.75 Å². The Morgan fingerprint density at radius 3 is 2.62 bits per heavy atom. The molecule has 0 aliphatic rings. The molecule has 0 aliphatic heterocycles. The maximum Gasteiger partial charge on any atom is 0.250 e. The molecule has 0 bridgehead atoms. The fraction of sp³-hybridized carbons (Fsp3) is 0.176. The first-order valence-corrected chi connectivity index (χ1v) is 8.97. The lowest BCUT2D eigenvalue weighted by molar-refractivity contribution is -0.118. The molecule has 0 heterocycles. The Kier molecular flexibility index (Phi) is 7.43. The van der Waals surface area contributed by atoms with Crippen molar-refractivity contribution in [3.05, 3.63) is 63.6 Å². The average molecular weight is 383 g/mol. The lowest BCUT2D eigenvalue weighted by atomic mass is 10.2. The average Bonchev–Trinajstić information content (AvgIpc) is 2.59. The van der Waals surface area contributed by atoms with Crippen LogP contribution in [0.3, 0.4) is 0 Å². The van der Waals surface area contributed by atoms with Crippen LogP contribution in [0.4, 0.5) is 0 Å². The summed E-state index contributed by atoms with van der Waals surface area (Å²) < 4.78 is 5.10. The van der Waals surface area contributed by atoms with Gasteiger partial charge in [-0.15, -0.1) is 11.8 Å². The van der Waals surface area contributed by atoms with Gasteiger partial charge in [0.15, 0.2) is 0 Å². The van der Waals surface area contributed by atoms with Crippen LogP contribution in [0.15, 0.2) is 47.6 Å². The quantitative estimate of drug-likeness (QED) is 0.570. The van der Waals surface area contributed by atoms with Gasteiger partial charge in [0.1, 0.15) is 5.75 Å². The number of methoxy groups -OCH3 is 1. The number of hydrazone groups is 1. The lowest BCUT2D eigenvalue weighted by Crippen LogP contribution is -2.19. The fourth-order valence-corrected chi connectivity index (χ4v) is 2.87. The first kappa shape index (κ1) is 18.6. The molecule has 7 heteroatoms. The molecule has 24 heavy (non-hydrogen) atoms. The molecule has 2 aromatic rings. The van der Waals surface area contributed by atoms with Crippen molar-refractivity contribution in [2.45, 2.75) is 5.75 Å². The first-order valence-electron chi connectivity index (χ1n) is 7.06. The van der Waals surface area contributed by atoms with E-state index < -0.39 is 0 Å². The van der Waals surface area contributed by atoms with Crippen molar-refractivity contribution in [2.24, 2.45) is 5.10 Å². The first-order chi connectivity index (χ1) is 11.6. The lowest BCUT2D eigenvalue weighted by Gasteiger charge is -2.03. The van der Waals surface area contributed by atoms with Crippen LogP contribution in [0.5, 0.6) is 5.75 Å². The Hall–Kier alpha value is -1.69. The molecule has 0 spiro atoms. The topological polar surface area (TPSA) is 50.7 Å². The van der Waals surface area contributed by atoms with E-state index in [1.54, 1.807) is 25.3 Å². The zero-order valence-electron chi connectivity index (χ0n) is 13.0. The van der Waals surface area contributed by atoms with E-state index in [9.17, 15) is 4.79 Å². The van der Waals surface area contributed by atoms with E-state index in [1.165, 1.54) is 18.0 Å². The molecule has 0 atom stereocenters. The largest absolute Gasteiger partial charge is 0.497 e. The molecule has 126 valence electrons. The number of ether oxygens (including phenoxy) is 1. The van der Waals surface area contributed by atoms with E-state index in [4.69, 9.17) is 27.9 Å². The van der Waals surface area contributed by atoms with Gasteiger partial charge in [-0.25, -0.2) is 5.43 Å². The molecular weight excluding hydrogens is 367 g/mol. The normalized spacial score (nSPS) is 10.8. The predicted octanol–water partition coefficient (Wildman–Crippen LogP) is 4.39. The van der Waals surface area contributed by atoms with Crippen molar-refractivity contribution in [1.82, 2.24) is 5.43 Å². The van der Waals surface area contributed by atoms with E-state index >= 15 is 0 Å². The van der Waals surface area contributed by atoms with Crippen molar-refractivity contribution in [2.75, 3.05) is 12.9 Å². The molecule has 0 radical (unpaired) electrons. The Bertz CT molecular complexity index is 721. The van der Waals surface area contributed by atoms with Crippen LogP contribution in [0.25, 0.3) is 0 Å². The molecule has 2 rings (SSSR count). The molecule has 0 unspecified atom stereocenters. The van der Waals surface area contributed by atoms with Gasteiger partial charge in [-0.05, 0) is 35.4 Å². The summed E-state index contributed by atoms with van der Waals surface area (Å²) in [6, 6.07) is 12.9. The van der Waals surface area contributed by atoms with E-state index in [2.05, 4.69) is 10.5 Å². The zero-order chi connectivity index (χ0) is 17.4. The summed E-state index contributed by atoms with van der Waals surface area (Å²) in [6.45, 7) is 0. The van der Waals surface area contributed by atoms with Gasteiger partial charge in [-0.2, -0.15) is 5.10 Å². The van der Waals surface area contributed by atoms with Crippen LogP contribution in [0, 0.1) is 0 Å². The molecule has 0 fully saturated rings. The van der Waals surface area contributed by atoms with E-state index in [-0.39, 0.29) is 5.91 Å². The van der Waals surface area contributed by atoms with Crippen LogP contribution >= 0.6 is 35.0 Å². The number of benzene rings is 2. The number of carbonyl (C=O) groups excluding carboxylic acids is 1. The third-order valence-corrected chi connectivity index (χ3v) is 4.75. The van der Waals surface area contributed by atoms with Crippen LogP contribution in [-0.4, -0.2) is 25.0 Å². The highest BCUT2D eigenvalue weighted by atomic mass is 35.5.